The van der Waals surface area contributed by atoms with Gasteiger partial charge in [0.1, 0.15) is 0 Å². The molecule has 1 heteroatoms. The van der Waals surface area contributed by atoms with Crippen molar-refractivity contribution in [3.8, 4) is 22.3 Å². The molecule has 0 aliphatic heterocycles. The fourth-order valence-electron chi connectivity index (χ4n) is 10.9. The molecule has 0 N–H and O–H groups in total. The van der Waals surface area contributed by atoms with Gasteiger partial charge < -0.3 is 0 Å². The van der Waals surface area contributed by atoms with Crippen LogP contribution < -0.4 is 0 Å². The maximum absolute atomic E-state index is 2.59. The second-order valence-corrected chi connectivity index (χ2v) is 21.0. The van der Waals surface area contributed by atoms with E-state index in [4.69, 9.17) is 0 Å². The summed E-state index contributed by atoms with van der Waals surface area (Å²) in [6.07, 6.45) is 16.2. The van der Waals surface area contributed by atoms with Crippen molar-refractivity contribution < 1.29 is 0 Å². The Morgan fingerprint density at radius 2 is 0.843 bits per heavy atom. The first kappa shape index (κ1) is 34.7. The number of rotatable bonds is 6. The molecule has 2 radical (unpaired) electrons. The van der Waals surface area contributed by atoms with E-state index in [0.717, 1.165) is 9.52 Å². The van der Waals surface area contributed by atoms with Crippen molar-refractivity contribution in [2.75, 3.05) is 0 Å². The predicted molar refractivity (Wildman–Crippen MR) is 222 cm³/mol. The lowest BCUT2D eigenvalue weighted by atomic mass is 9.79. The fraction of sp³-hybridized carbons (Fsp3) is 0.440. The smallest absolute Gasteiger partial charge is 0.0555 e. The van der Waals surface area contributed by atoms with E-state index in [0.29, 0.717) is 21.9 Å². The lowest BCUT2D eigenvalue weighted by Crippen LogP contribution is -2.37. The van der Waals surface area contributed by atoms with Crippen LogP contribution in [0.4, 0.5) is 0 Å². The van der Waals surface area contributed by atoms with E-state index in [9.17, 15) is 0 Å². The zero-order chi connectivity index (χ0) is 35.8. The Kier molecular flexibility index (Phi) is 8.57. The maximum Gasteiger partial charge on any atom is 0.0555 e. The summed E-state index contributed by atoms with van der Waals surface area (Å²) in [5.74, 6) is 1.05. The van der Waals surface area contributed by atoms with Gasteiger partial charge in [0.2, 0.25) is 0 Å². The summed E-state index contributed by atoms with van der Waals surface area (Å²) in [7, 11) is 0.972. The van der Waals surface area contributed by atoms with Crippen LogP contribution in [0.3, 0.4) is 0 Å². The average Bonchev–Trinajstić information content (AvgIpc) is 3.89. The van der Waals surface area contributed by atoms with Gasteiger partial charge in [0, 0.05) is 11.8 Å². The molecule has 2 unspecified atom stereocenters. The number of allylic oxidation sites excluding steroid dienone is 2. The van der Waals surface area contributed by atoms with E-state index in [-0.39, 0.29) is 10.8 Å². The quantitative estimate of drug-likeness (QED) is 0.177. The van der Waals surface area contributed by atoms with Crippen LogP contribution in [0.25, 0.3) is 34.4 Å². The van der Waals surface area contributed by atoms with Crippen LogP contribution in [0.15, 0.2) is 96.1 Å². The molecule has 51 heavy (non-hydrogen) atoms. The van der Waals surface area contributed by atoms with Crippen LogP contribution in [0, 0.1) is 0 Å². The summed E-state index contributed by atoms with van der Waals surface area (Å²) in [5, 5.41) is 0.683. The molecule has 2 saturated carbocycles. The Hall–Kier alpha value is -3.42. The Labute approximate surface area is 311 Å². The summed E-state index contributed by atoms with van der Waals surface area (Å²) >= 11 is 0. The third-order valence-corrected chi connectivity index (χ3v) is 15.8. The molecule has 8 rings (SSSR count). The zero-order valence-corrected chi connectivity index (χ0v) is 33.5. The zero-order valence-electron chi connectivity index (χ0n) is 32.5. The van der Waals surface area contributed by atoms with Crippen molar-refractivity contribution in [2.24, 2.45) is 0 Å². The van der Waals surface area contributed by atoms with Crippen molar-refractivity contribution >= 4 is 21.7 Å². The molecule has 0 nitrogen and oxygen atoms in total. The predicted octanol–water partition coefficient (Wildman–Crippen LogP) is 14.5. The molecule has 262 valence electrons. The molecule has 4 aliphatic rings. The molecule has 4 aromatic rings. The second kappa shape index (κ2) is 12.6. The van der Waals surface area contributed by atoms with E-state index in [1.54, 1.807) is 22.3 Å². The van der Waals surface area contributed by atoms with Gasteiger partial charge in [-0.15, -0.1) is 0 Å². The number of fused-ring (bicyclic) bond motifs is 2. The molecule has 2 atom stereocenters. The summed E-state index contributed by atoms with van der Waals surface area (Å²) in [5.41, 5.74) is 18.1. The van der Waals surface area contributed by atoms with Gasteiger partial charge in [-0.25, -0.2) is 0 Å². The molecule has 4 aliphatic carbocycles. The van der Waals surface area contributed by atoms with Crippen molar-refractivity contribution in [3.05, 3.63) is 129 Å². The molecular weight excluding hydrogens is 629 g/mol. The molecule has 0 amide bonds. The average molecular weight is 687 g/mol. The summed E-state index contributed by atoms with van der Waals surface area (Å²) < 4.78 is 0. The number of hydrogen-bond acceptors (Lipinski definition) is 0. The van der Waals surface area contributed by atoms with Crippen molar-refractivity contribution in [3.63, 3.8) is 0 Å². The minimum atomic E-state index is 0.164. The Bertz CT molecular complexity index is 1840. The van der Waals surface area contributed by atoms with Crippen LogP contribution in [0.5, 0.6) is 0 Å². The molecule has 4 aromatic carbocycles. The third kappa shape index (κ3) is 5.96. The highest BCUT2D eigenvalue weighted by atomic mass is 28.2. The van der Waals surface area contributed by atoms with E-state index in [1.807, 2.05) is 0 Å². The summed E-state index contributed by atoms with van der Waals surface area (Å²) in [6.45, 7) is 18.8. The number of hydrogen-bond donors (Lipinski definition) is 0. The lowest BCUT2D eigenvalue weighted by molar-refractivity contribution is 0.437. The first-order valence-corrected chi connectivity index (χ1v) is 20.9. The molecule has 0 heterocycles. The van der Waals surface area contributed by atoms with E-state index in [1.165, 1.54) is 95.9 Å². The van der Waals surface area contributed by atoms with Crippen molar-refractivity contribution in [1.29, 1.82) is 0 Å². The van der Waals surface area contributed by atoms with Gasteiger partial charge in [-0.1, -0.05) is 175 Å². The minimum absolute atomic E-state index is 0.164. The van der Waals surface area contributed by atoms with Gasteiger partial charge in [0.25, 0.3) is 0 Å². The minimum Gasteiger partial charge on any atom is -0.0649 e. The molecular formula is C50H58Si. The Morgan fingerprint density at radius 1 is 0.490 bits per heavy atom. The van der Waals surface area contributed by atoms with Crippen LogP contribution in [-0.4, -0.2) is 9.52 Å². The van der Waals surface area contributed by atoms with Crippen molar-refractivity contribution in [1.82, 2.24) is 0 Å². The van der Waals surface area contributed by atoms with Gasteiger partial charge in [-0.05, 0) is 116 Å². The highest BCUT2D eigenvalue weighted by molar-refractivity contribution is 6.46. The van der Waals surface area contributed by atoms with E-state index >= 15 is 0 Å². The highest BCUT2D eigenvalue weighted by Gasteiger charge is 2.55. The first-order valence-electron chi connectivity index (χ1n) is 19.9. The van der Waals surface area contributed by atoms with Gasteiger partial charge in [-0.2, -0.15) is 0 Å². The molecule has 0 saturated heterocycles. The van der Waals surface area contributed by atoms with E-state index < -0.39 is 0 Å². The summed E-state index contributed by atoms with van der Waals surface area (Å²) in [6, 6.07) is 33.3. The molecule has 0 spiro atoms. The van der Waals surface area contributed by atoms with E-state index in [2.05, 4.69) is 152 Å². The van der Waals surface area contributed by atoms with Crippen LogP contribution in [-0.2, 0) is 10.8 Å². The second-order valence-electron chi connectivity index (χ2n) is 18.8. The largest absolute Gasteiger partial charge is 0.0649 e. The van der Waals surface area contributed by atoms with Gasteiger partial charge in [-0.3, -0.25) is 0 Å². The van der Waals surface area contributed by atoms with Gasteiger partial charge in [0.05, 0.1) is 9.52 Å². The third-order valence-electron chi connectivity index (χ3n) is 13.3. The molecule has 0 aromatic heterocycles. The Morgan fingerprint density at radius 3 is 1.18 bits per heavy atom. The molecule has 2 fully saturated rings. The van der Waals surface area contributed by atoms with Gasteiger partial charge in [0.15, 0.2) is 0 Å². The van der Waals surface area contributed by atoms with Crippen molar-refractivity contribution in [2.45, 2.75) is 139 Å². The van der Waals surface area contributed by atoms with Crippen LogP contribution >= 0.6 is 0 Å². The number of benzene rings is 4. The maximum atomic E-state index is 2.59. The van der Waals surface area contributed by atoms with Crippen LogP contribution in [0.2, 0.25) is 10.1 Å². The Balaban J connectivity index is 1.16. The first-order chi connectivity index (χ1) is 24.3. The SMILES string of the molecule is CC1=Cc2c(-c3ccc(C(C)(C)C)cc3)cccc2C1C1([Si]C2(C3C(C)=Cc4c(-c5ccc(C(C)(C)C)cc5)cccc43)CCCC2)CCCC1. The molecule has 0 bridgehead atoms. The van der Waals surface area contributed by atoms with Gasteiger partial charge >= 0.3 is 0 Å². The van der Waals surface area contributed by atoms with Crippen LogP contribution in [0.1, 0.15) is 152 Å². The fourth-order valence-corrected chi connectivity index (χ4v) is 14.1. The normalized spacial score (nSPS) is 22.1. The topological polar surface area (TPSA) is 0 Å². The highest BCUT2D eigenvalue weighted by Crippen LogP contribution is 2.69. The lowest BCUT2D eigenvalue weighted by Gasteiger charge is -2.47. The standard InChI is InChI=1S/C50H58Si/c1-33-31-43-39(35-19-23-37(24-20-35)47(3,4)5)15-13-17-41(43)45(33)49(27-9-10-28-49)51-50(29-11-12-30-50)46-34(2)32-44-40(16-14-18-42(44)46)36-21-25-38(26-22-36)48(6,7)8/h13-26,31-32,45-46H,9-12,27-30H2,1-8H3. The summed E-state index contributed by atoms with van der Waals surface area (Å²) in [4.78, 5) is 0. The monoisotopic (exact) mass is 686 g/mol.